The van der Waals surface area contributed by atoms with E-state index in [1.165, 1.54) is 5.94 Å². The molecule has 3 N–H and O–H groups in total. The number of nitrogens with zero attached hydrogens (tertiary/aromatic N) is 3. The van der Waals surface area contributed by atoms with Crippen molar-refractivity contribution in [2.24, 2.45) is 29.6 Å². The van der Waals surface area contributed by atoms with Gasteiger partial charge < -0.3 is 30.3 Å². The second kappa shape index (κ2) is 25.1. The van der Waals surface area contributed by atoms with E-state index in [0.717, 1.165) is 25.1 Å². The molecule has 0 aliphatic carbocycles. The summed E-state index contributed by atoms with van der Waals surface area (Å²) >= 11 is 1.72. The number of methoxy groups -OCH3 is 1. The molecule has 9 atom stereocenters. The molecule has 1 saturated heterocycles. The summed E-state index contributed by atoms with van der Waals surface area (Å²) in [6.45, 7) is 24.4. The number of aliphatic hydroxyl groups excluding tert-OH is 1. The van der Waals surface area contributed by atoms with E-state index >= 15 is 0 Å². The maximum Gasteiger partial charge on any atom is 0.245 e. The molecule has 1 aliphatic rings. The van der Waals surface area contributed by atoms with E-state index < -0.39 is 41.9 Å². The fourth-order valence-corrected chi connectivity index (χ4v) is 8.26. The van der Waals surface area contributed by atoms with Crippen molar-refractivity contribution in [3.63, 3.8) is 0 Å². The van der Waals surface area contributed by atoms with Gasteiger partial charge in [-0.15, -0.1) is 0 Å². The average Bonchev–Trinajstić information content (AvgIpc) is 3.66. The van der Waals surface area contributed by atoms with E-state index in [2.05, 4.69) is 23.8 Å². The Kier molecular flexibility index (Phi) is 22.7. The van der Waals surface area contributed by atoms with Crippen LogP contribution in [-0.4, -0.2) is 132 Å². The van der Waals surface area contributed by atoms with E-state index in [1.807, 2.05) is 71.6 Å². The highest BCUT2D eigenvalue weighted by molar-refractivity contribution is 7.98. The van der Waals surface area contributed by atoms with Crippen LogP contribution in [0.2, 0.25) is 0 Å². The van der Waals surface area contributed by atoms with Crippen molar-refractivity contribution >= 4 is 41.3 Å². The Hall–Kier alpha value is -3.38. The summed E-state index contributed by atoms with van der Waals surface area (Å²) in [7, 11) is 5.24. The van der Waals surface area contributed by atoms with Gasteiger partial charge in [0.05, 0.1) is 24.6 Å². The predicted octanol–water partition coefficient (Wildman–Crippen LogP) is 5.43. The smallest absolute Gasteiger partial charge is 0.245 e. The molecule has 1 aliphatic heterocycles. The number of allylic oxidation sites excluding steroid dienone is 3. The number of hydrogen-bond acceptors (Lipinski definition) is 9. The van der Waals surface area contributed by atoms with Crippen molar-refractivity contribution < 1.29 is 33.8 Å². The first-order valence-corrected chi connectivity index (χ1v) is 21.5. The normalized spacial score (nSPS) is 18.9. The van der Waals surface area contributed by atoms with Gasteiger partial charge in [0.15, 0.2) is 11.7 Å². The van der Waals surface area contributed by atoms with E-state index in [9.17, 15) is 29.1 Å². The number of carbonyl (C=O) groups is 4. The maximum atomic E-state index is 14.4. The number of carbonyl (C=O) groups excluding carboxylic acids is 5. The van der Waals surface area contributed by atoms with Gasteiger partial charge in [-0.1, -0.05) is 93.2 Å². The van der Waals surface area contributed by atoms with Gasteiger partial charge in [0.25, 0.3) is 0 Å². The standard InChI is InChI=1S/C43H73N5O7S/c1-15-19-32(17-3)24-33(35(50)26-49)44-41(52)31(10)30(9)34-20-18-21-48(34)37(51)25-36(55-13)40(29(8)16-2)47(12)43(54)38(27(4)5)45-42(53)39(28(6)7)46(11)22-23-56-14/h15,17,19,27-31,33-34,36,38-40,50H,1,3,16,18,20-25H2,2,4-14H3,(H,44,52)(H,45,53)/b32-19+/t29-,30?,31?,33-,34-,36?,38-,39?,40-/m0/s1. The molecule has 56 heavy (non-hydrogen) atoms. The number of likely N-dealkylation sites (N-methyl/N-ethyl adjacent to an activating group) is 2. The fraction of sp³-hybridized carbons (Fsp3) is 0.721. The van der Waals surface area contributed by atoms with Gasteiger partial charge in [-0.2, -0.15) is 11.8 Å². The monoisotopic (exact) mass is 804 g/mol. The highest BCUT2D eigenvalue weighted by Gasteiger charge is 2.42. The first kappa shape index (κ1) is 50.6. The number of nitrogens with one attached hydrogen (secondary N) is 2. The van der Waals surface area contributed by atoms with Gasteiger partial charge in [-0.25, -0.2) is 4.79 Å². The van der Waals surface area contributed by atoms with Crippen LogP contribution in [0.5, 0.6) is 0 Å². The number of rotatable bonds is 25. The largest absolute Gasteiger partial charge is 0.500 e. The molecule has 1 fully saturated rings. The minimum atomic E-state index is -0.994. The Morgan fingerprint density at radius 2 is 1.66 bits per heavy atom. The highest BCUT2D eigenvalue weighted by atomic mass is 32.2. The first-order valence-electron chi connectivity index (χ1n) is 20.1. The van der Waals surface area contributed by atoms with Crippen LogP contribution in [0.25, 0.3) is 0 Å². The second-order valence-electron chi connectivity index (χ2n) is 16.1. The van der Waals surface area contributed by atoms with E-state index in [0.29, 0.717) is 18.5 Å². The summed E-state index contributed by atoms with van der Waals surface area (Å²) in [5.41, 5.74) is 0.672. The summed E-state index contributed by atoms with van der Waals surface area (Å²) in [4.78, 5) is 72.8. The zero-order chi connectivity index (χ0) is 42.9. The molecule has 0 aromatic carbocycles. The van der Waals surface area contributed by atoms with Gasteiger partial charge in [0.2, 0.25) is 23.6 Å². The molecule has 4 amide bonds. The number of aliphatic hydroxyl groups is 1. The number of hydrogen-bond donors (Lipinski definition) is 3. The Labute approximate surface area is 342 Å². The molecule has 13 heteroatoms. The molecule has 0 bridgehead atoms. The van der Waals surface area contributed by atoms with Crippen LogP contribution in [0, 0.1) is 29.6 Å². The van der Waals surface area contributed by atoms with Crippen LogP contribution >= 0.6 is 11.8 Å². The Balaban J connectivity index is 3.28. The lowest BCUT2D eigenvalue weighted by Crippen LogP contribution is -2.60. The van der Waals surface area contributed by atoms with Crippen LogP contribution in [-0.2, 0) is 28.7 Å². The van der Waals surface area contributed by atoms with Crippen LogP contribution in [0.1, 0.15) is 87.5 Å². The van der Waals surface area contributed by atoms with Crippen LogP contribution in [0.3, 0.4) is 0 Å². The lowest BCUT2D eigenvalue weighted by Gasteiger charge is -2.41. The lowest BCUT2D eigenvalue weighted by molar-refractivity contribution is -0.147. The van der Waals surface area contributed by atoms with Crippen molar-refractivity contribution in [3.05, 3.63) is 42.7 Å². The molecule has 0 spiro atoms. The number of ether oxygens (including phenoxy) is 1. The molecule has 4 unspecified atom stereocenters. The van der Waals surface area contributed by atoms with E-state index in [4.69, 9.17) is 4.74 Å². The Morgan fingerprint density at radius 1 is 1.02 bits per heavy atom. The molecule has 0 aromatic rings. The minimum Gasteiger partial charge on any atom is -0.500 e. The quantitative estimate of drug-likeness (QED) is 0.0624. The molecular weight excluding hydrogens is 731 g/mol. The van der Waals surface area contributed by atoms with Crippen molar-refractivity contribution in [3.8, 4) is 0 Å². The van der Waals surface area contributed by atoms with Crippen molar-refractivity contribution in [1.82, 2.24) is 25.3 Å². The third-order valence-corrected chi connectivity index (χ3v) is 12.1. The number of likely N-dealkylation sites (tertiary alicyclic amines) is 1. The third kappa shape index (κ3) is 14.2. The third-order valence-electron chi connectivity index (χ3n) is 11.5. The number of thioether (sulfide) groups is 1. The average molecular weight is 804 g/mol. The van der Waals surface area contributed by atoms with Crippen molar-refractivity contribution in [2.75, 3.05) is 46.3 Å². The fourth-order valence-electron chi connectivity index (χ4n) is 7.79. The van der Waals surface area contributed by atoms with E-state index in [1.54, 1.807) is 56.0 Å². The van der Waals surface area contributed by atoms with Gasteiger partial charge >= 0.3 is 0 Å². The molecule has 1 rings (SSSR count). The molecule has 0 radical (unpaired) electrons. The molecule has 1 heterocycles. The molecular formula is C43H73N5O7S. The lowest BCUT2D eigenvalue weighted by atomic mass is 9.86. The van der Waals surface area contributed by atoms with Crippen molar-refractivity contribution in [2.45, 2.75) is 124 Å². The van der Waals surface area contributed by atoms with E-state index in [-0.39, 0.29) is 66.2 Å². The Morgan fingerprint density at radius 3 is 2.16 bits per heavy atom. The number of amides is 4. The van der Waals surface area contributed by atoms with Crippen molar-refractivity contribution in [1.29, 1.82) is 0 Å². The predicted molar refractivity (Wildman–Crippen MR) is 228 cm³/mol. The van der Waals surface area contributed by atoms with Gasteiger partial charge in [-0.3, -0.25) is 24.1 Å². The first-order chi connectivity index (χ1) is 26.4. The molecule has 0 saturated carbocycles. The molecule has 0 aromatic heterocycles. The minimum absolute atomic E-state index is 0.0291. The van der Waals surface area contributed by atoms with Gasteiger partial charge in [0.1, 0.15) is 12.1 Å². The molecule has 12 nitrogen and oxygen atoms in total. The van der Waals surface area contributed by atoms with Crippen LogP contribution in [0.15, 0.2) is 42.7 Å². The summed E-state index contributed by atoms with van der Waals surface area (Å²) < 4.78 is 6.04. The summed E-state index contributed by atoms with van der Waals surface area (Å²) in [6.07, 6.45) is 8.58. The SMILES string of the molecule is C=C/C=C(\C=C)C[C@H](NC(=O)C(C)C(C)[C@@H]1CCCN1C(=O)CC(OC)[C@H]([C@@H](C)CC)N(C)C(=O)[C@@H](NC(=O)C(C(C)C)N(C)CCSC)C(C)C)C(O)=C=O. The zero-order valence-corrected chi connectivity index (χ0v) is 37.1. The summed E-state index contributed by atoms with van der Waals surface area (Å²) in [5.74, 6) is -0.146. The van der Waals surface area contributed by atoms with Crippen LogP contribution < -0.4 is 10.6 Å². The Bertz CT molecular complexity index is 1400. The summed E-state index contributed by atoms with van der Waals surface area (Å²) in [6, 6.07) is -2.86. The maximum absolute atomic E-state index is 14.4. The zero-order valence-electron chi connectivity index (χ0n) is 36.3. The van der Waals surface area contributed by atoms with Gasteiger partial charge in [-0.05, 0) is 55.4 Å². The second-order valence-corrected chi connectivity index (χ2v) is 17.1. The van der Waals surface area contributed by atoms with Crippen LogP contribution in [0.4, 0.5) is 0 Å². The summed E-state index contributed by atoms with van der Waals surface area (Å²) in [5, 5.41) is 16.2. The highest BCUT2D eigenvalue weighted by Crippen LogP contribution is 2.31. The van der Waals surface area contributed by atoms with Gasteiger partial charge in [0, 0.05) is 51.4 Å². The molecule has 318 valence electrons. The topological polar surface area (TPSA) is 149 Å².